The molecule has 1 aromatic heterocycles. The zero-order valence-electron chi connectivity index (χ0n) is 10.4. The van der Waals surface area contributed by atoms with Gasteiger partial charge in [0.05, 0.1) is 12.4 Å². The summed E-state index contributed by atoms with van der Waals surface area (Å²) in [4.78, 5) is 20.0. The Morgan fingerprint density at radius 3 is 2.68 bits per heavy atom. The Labute approximate surface area is 119 Å². The molecule has 0 aliphatic heterocycles. The number of carbonyl (C=O) groups is 1. The fraction of sp³-hybridized carbons (Fsp3) is 0.154. The maximum absolute atomic E-state index is 11.9. The number of amides is 1. The number of anilines is 1. The average Bonchev–Trinajstić information content (AvgIpc) is 2.46. The van der Waals surface area contributed by atoms with Gasteiger partial charge < -0.3 is 10.6 Å². The molecule has 6 heteroatoms. The van der Waals surface area contributed by atoms with Crippen molar-refractivity contribution in [3.8, 4) is 0 Å². The lowest BCUT2D eigenvalue weighted by molar-refractivity contribution is 0.0945. The molecule has 2 aromatic rings. The molecule has 0 saturated carbocycles. The first-order chi connectivity index (χ1) is 9.20. The zero-order valence-corrected chi connectivity index (χ0v) is 11.9. The summed E-state index contributed by atoms with van der Waals surface area (Å²) in [5.41, 5.74) is 1.31. The van der Waals surface area contributed by atoms with E-state index in [-0.39, 0.29) is 5.91 Å². The Bertz CT molecular complexity index is 571. The molecule has 0 aliphatic rings. The first-order valence-electron chi connectivity index (χ1n) is 5.72. The molecule has 0 bridgehead atoms. The highest BCUT2D eigenvalue weighted by molar-refractivity contribution is 9.10. The highest BCUT2D eigenvalue weighted by Gasteiger charge is 2.08. The van der Waals surface area contributed by atoms with E-state index in [1.807, 2.05) is 24.3 Å². The van der Waals surface area contributed by atoms with Crippen molar-refractivity contribution in [2.45, 2.75) is 6.54 Å². The molecule has 2 N–H and O–H groups in total. The van der Waals surface area contributed by atoms with Gasteiger partial charge in [0.15, 0.2) is 0 Å². The second-order valence-electron chi connectivity index (χ2n) is 3.81. The minimum absolute atomic E-state index is 0.245. The molecule has 1 heterocycles. The number of aromatic nitrogens is 2. The highest BCUT2D eigenvalue weighted by Crippen LogP contribution is 2.15. The summed E-state index contributed by atoms with van der Waals surface area (Å²) < 4.78 is 0.965. The van der Waals surface area contributed by atoms with E-state index >= 15 is 0 Å². The highest BCUT2D eigenvalue weighted by atomic mass is 79.9. The minimum atomic E-state index is -0.245. The van der Waals surface area contributed by atoms with E-state index in [0.29, 0.717) is 18.1 Å². The van der Waals surface area contributed by atoms with Crippen LogP contribution >= 0.6 is 15.9 Å². The number of benzene rings is 1. The fourth-order valence-corrected chi connectivity index (χ4v) is 1.91. The molecule has 0 spiro atoms. The van der Waals surface area contributed by atoms with Gasteiger partial charge in [-0.1, -0.05) is 34.1 Å². The van der Waals surface area contributed by atoms with Crippen LogP contribution in [0.1, 0.15) is 16.1 Å². The van der Waals surface area contributed by atoms with E-state index in [9.17, 15) is 4.79 Å². The lowest BCUT2D eigenvalue weighted by Crippen LogP contribution is -2.24. The summed E-state index contributed by atoms with van der Waals surface area (Å²) in [7, 11) is 1.75. The predicted octanol–water partition coefficient (Wildman–Crippen LogP) is 2.21. The summed E-state index contributed by atoms with van der Waals surface area (Å²) >= 11 is 3.43. The van der Waals surface area contributed by atoms with Gasteiger partial charge >= 0.3 is 0 Å². The molecule has 19 heavy (non-hydrogen) atoms. The van der Waals surface area contributed by atoms with Crippen molar-refractivity contribution >= 4 is 27.7 Å². The molecule has 0 saturated heterocycles. The summed E-state index contributed by atoms with van der Waals surface area (Å²) in [6, 6.07) is 7.73. The normalized spacial score (nSPS) is 10.0. The van der Waals surface area contributed by atoms with Gasteiger partial charge in [-0.25, -0.2) is 9.97 Å². The van der Waals surface area contributed by atoms with Gasteiger partial charge in [-0.05, 0) is 11.6 Å². The van der Waals surface area contributed by atoms with Gasteiger partial charge in [0.2, 0.25) is 0 Å². The van der Waals surface area contributed by atoms with Crippen LogP contribution in [0.15, 0.2) is 41.1 Å². The average molecular weight is 321 g/mol. The van der Waals surface area contributed by atoms with Gasteiger partial charge in [0, 0.05) is 18.1 Å². The molecule has 0 atom stereocenters. The zero-order chi connectivity index (χ0) is 13.7. The second-order valence-corrected chi connectivity index (χ2v) is 4.67. The molecular formula is C13H13BrN4O. The third-order valence-electron chi connectivity index (χ3n) is 2.54. The van der Waals surface area contributed by atoms with Gasteiger partial charge in [0.25, 0.3) is 5.91 Å². The van der Waals surface area contributed by atoms with E-state index in [0.717, 1.165) is 10.0 Å². The van der Waals surface area contributed by atoms with E-state index in [1.165, 1.54) is 12.4 Å². The Morgan fingerprint density at radius 1 is 1.26 bits per heavy atom. The second kappa shape index (κ2) is 6.29. The predicted molar refractivity (Wildman–Crippen MR) is 76.9 cm³/mol. The molecule has 5 nitrogen and oxygen atoms in total. The maximum Gasteiger partial charge on any atom is 0.271 e. The lowest BCUT2D eigenvalue weighted by Gasteiger charge is -2.06. The summed E-state index contributed by atoms with van der Waals surface area (Å²) in [6.07, 6.45) is 2.97. The Balaban J connectivity index is 1.99. The van der Waals surface area contributed by atoms with Crippen molar-refractivity contribution in [2.24, 2.45) is 0 Å². The molecule has 0 aliphatic carbocycles. The summed E-state index contributed by atoms with van der Waals surface area (Å²) in [5, 5.41) is 5.65. The van der Waals surface area contributed by atoms with Crippen molar-refractivity contribution in [1.82, 2.24) is 15.3 Å². The van der Waals surface area contributed by atoms with Crippen molar-refractivity contribution in [3.05, 3.63) is 52.4 Å². The van der Waals surface area contributed by atoms with E-state index in [1.54, 1.807) is 7.05 Å². The van der Waals surface area contributed by atoms with Crippen molar-refractivity contribution in [1.29, 1.82) is 0 Å². The van der Waals surface area contributed by atoms with E-state index < -0.39 is 0 Å². The first-order valence-corrected chi connectivity index (χ1v) is 6.51. The largest absolute Gasteiger partial charge is 0.372 e. The molecule has 0 fully saturated rings. The number of hydrogen-bond acceptors (Lipinski definition) is 4. The van der Waals surface area contributed by atoms with E-state index in [2.05, 4.69) is 36.5 Å². The van der Waals surface area contributed by atoms with Crippen LogP contribution in [0.2, 0.25) is 0 Å². The molecule has 2 rings (SSSR count). The quantitative estimate of drug-likeness (QED) is 0.906. The van der Waals surface area contributed by atoms with Crippen molar-refractivity contribution < 1.29 is 4.79 Å². The van der Waals surface area contributed by atoms with Gasteiger partial charge in [0.1, 0.15) is 11.5 Å². The summed E-state index contributed by atoms with van der Waals surface area (Å²) in [6.45, 7) is 0.440. The SMILES string of the molecule is CNc1cnc(C(=O)NCc2ccccc2Br)cn1. The number of rotatable bonds is 4. The first kappa shape index (κ1) is 13.5. The number of halogens is 1. The Hall–Kier alpha value is -1.95. The monoisotopic (exact) mass is 320 g/mol. The van der Waals surface area contributed by atoms with Crippen LogP contribution in [-0.2, 0) is 6.54 Å². The fourth-order valence-electron chi connectivity index (χ4n) is 1.48. The van der Waals surface area contributed by atoms with Crippen LogP contribution in [0.25, 0.3) is 0 Å². The standard InChI is InChI=1S/C13H13BrN4O/c1-15-12-8-16-11(7-17-12)13(19)18-6-9-4-2-3-5-10(9)14/h2-5,7-8H,6H2,1H3,(H,15,17)(H,18,19). The molecule has 1 aromatic carbocycles. The van der Waals surface area contributed by atoms with Gasteiger partial charge in [-0.15, -0.1) is 0 Å². The van der Waals surface area contributed by atoms with Crippen molar-refractivity contribution in [3.63, 3.8) is 0 Å². The molecular weight excluding hydrogens is 308 g/mol. The van der Waals surface area contributed by atoms with Crippen molar-refractivity contribution in [2.75, 3.05) is 12.4 Å². The Kier molecular flexibility index (Phi) is 4.46. The third-order valence-corrected chi connectivity index (χ3v) is 3.31. The smallest absolute Gasteiger partial charge is 0.271 e. The molecule has 0 unspecified atom stereocenters. The number of carbonyl (C=O) groups excluding carboxylic acids is 1. The maximum atomic E-state index is 11.9. The molecule has 0 radical (unpaired) electrons. The molecule has 98 valence electrons. The summed E-state index contributed by atoms with van der Waals surface area (Å²) in [5.74, 6) is 0.383. The van der Waals surface area contributed by atoms with Crippen LogP contribution < -0.4 is 10.6 Å². The minimum Gasteiger partial charge on any atom is -0.372 e. The Morgan fingerprint density at radius 2 is 2.05 bits per heavy atom. The topological polar surface area (TPSA) is 66.9 Å². The van der Waals surface area contributed by atoms with Gasteiger partial charge in [-0.3, -0.25) is 4.79 Å². The van der Waals surface area contributed by atoms with Crippen LogP contribution in [0.4, 0.5) is 5.82 Å². The molecule has 1 amide bonds. The van der Waals surface area contributed by atoms with Gasteiger partial charge in [-0.2, -0.15) is 0 Å². The number of nitrogens with zero attached hydrogens (tertiary/aromatic N) is 2. The van der Waals surface area contributed by atoms with Crippen LogP contribution in [0.3, 0.4) is 0 Å². The number of nitrogens with one attached hydrogen (secondary N) is 2. The lowest BCUT2D eigenvalue weighted by atomic mass is 10.2. The van der Waals surface area contributed by atoms with Crippen LogP contribution in [-0.4, -0.2) is 22.9 Å². The number of hydrogen-bond donors (Lipinski definition) is 2. The third kappa shape index (κ3) is 3.51. The van der Waals surface area contributed by atoms with E-state index in [4.69, 9.17) is 0 Å². The van der Waals surface area contributed by atoms with Crippen LogP contribution in [0, 0.1) is 0 Å². The van der Waals surface area contributed by atoms with Crippen LogP contribution in [0.5, 0.6) is 0 Å².